The van der Waals surface area contributed by atoms with Gasteiger partial charge >= 0.3 is 5.97 Å². The number of hydrogen-bond acceptors (Lipinski definition) is 3. The van der Waals surface area contributed by atoms with Crippen LogP contribution < -0.4 is 0 Å². The van der Waals surface area contributed by atoms with Crippen LogP contribution in [0.4, 0.5) is 0 Å². The molecule has 0 aliphatic rings. The van der Waals surface area contributed by atoms with Gasteiger partial charge < -0.3 is 5.11 Å². The predicted molar refractivity (Wildman–Crippen MR) is 76.5 cm³/mol. The number of pyridine rings is 1. The van der Waals surface area contributed by atoms with Crippen molar-refractivity contribution in [3.63, 3.8) is 0 Å². The molecule has 106 valence electrons. The van der Waals surface area contributed by atoms with Crippen molar-refractivity contribution < 1.29 is 9.90 Å². The first kappa shape index (κ1) is 14.2. The van der Waals surface area contributed by atoms with E-state index in [0.29, 0.717) is 17.2 Å². The van der Waals surface area contributed by atoms with Crippen LogP contribution in [0.1, 0.15) is 48.1 Å². The summed E-state index contributed by atoms with van der Waals surface area (Å²) in [6.07, 6.45) is 1.81. The second-order valence-electron chi connectivity index (χ2n) is 5.92. The maximum absolute atomic E-state index is 11.2. The number of carbonyl (C=O) groups is 1. The molecule has 5 heteroatoms. The van der Waals surface area contributed by atoms with Crippen LogP contribution in [0.3, 0.4) is 0 Å². The molecule has 0 aliphatic heterocycles. The topological polar surface area (TPSA) is 68.0 Å². The molecular weight excluding hydrogens is 254 g/mol. The lowest BCUT2D eigenvalue weighted by molar-refractivity contribution is 0.0695. The number of aromatic carboxylic acids is 1. The average molecular weight is 273 g/mol. The maximum atomic E-state index is 11.2. The Bertz CT molecular complexity index is 649. The lowest BCUT2D eigenvalue weighted by Gasteiger charge is -2.18. The second-order valence-corrected chi connectivity index (χ2v) is 5.92. The summed E-state index contributed by atoms with van der Waals surface area (Å²) in [5.41, 5.74) is 2.49. The minimum Gasteiger partial charge on any atom is -0.478 e. The molecule has 2 rings (SSSR count). The average Bonchev–Trinajstić information content (AvgIpc) is 2.64. The summed E-state index contributed by atoms with van der Waals surface area (Å²) in [7, 11) is 0. The van der Waals surface area contributed by atoms with Gasteiger partial charge in [-0.2, -0.15) is 5.10 Å². The number of rotatable bonds is 2. The Labute approximate surface area is 118 Å². The van der Waals surface area contributed by atoms with Gasteiger partial charge in [0.2, 0.25) is 0 Å². The smallest absolute Gasteiger partial charge is 0.339 e. The predicted octanol–water partition coefficient (Wildman–Crippen LogP) is 2.88. The molecular formula is C15H19N3O2. The van der Waals surface area contributed by atoms with Gasteiger partial charge in [0.05, 0.1) is 11.4 Å². The molecule has 0 amide bonds. The summed E-state index contributed by atoms with van der Waals surface area (Å²) in [4.78, 5) is 15.6. The zero-order valence-corrected chi connectivity index (χ0v) is 12.4. The molecule has 20 heavy (non-hydrogen) atoms. The molecule has 2 heterocycles. The highest BCUT2D eigenvalue weighted by Gasteiger charge is 2.19. The van der Waals surface area contributed by atoms with Gasteiger partial charge in [-0.25, -0.2) is 14.5 Å². The Hall–Kier alpha value is -2.17. The van der Waals surface area contributed by atoms with Gasteiger partial charge in [0, 0.05) is 6.20 Å². The third-order valence-electron chi connectivity index (χ3n) is 3.34. The van der Waals surface area contributed by atoms with Crippen molar-refractivity contribution in [2.45, 2.75) is 40.0 Å². The summed E-state index contributed by atoms with van der Waals surface area (Å²) < 4.78 is 1.57. The van der Waals surface area contributed by atoms with Crippen LogP contribution in [0.25, 0.3) is 5.82 Å². The molecule has 0 unspecified atom stereocenters. The van der Waals surface area contributed by atoms with Crippen LogP contribution in [0, 0.1) is 13.8 Å². The first-order chi connectivity index (χ1) is 9.21. The van der Waals surface area contributed by atoms with Gasteiger partial charge in [0.25, 0.3) is 0 Å². The lowest BCUT2D eigenvalue weighted by Crippen LogP contribution is -2.12. The number of carboxylic acids is 1. The van der Waals surface area contributed by atoms with Crippen LogP contribution >= 0.6 is 0 Å². The van der Waals surface area contributed by atoms with E-state index in [1.165, 1.54) is 0 Å². The number of aromatic nitrogens is 3. The third-order valence-corrected chi connectivity index (χ3v) is 3.34. The highest BCUT2D eigenvalue weighted by molar-refractivity contribution is 5.90. The zero-order valence-electron chi connectivity index (χ0n) is 12.4. The summed E-state index contributed by atoms with van der Waals surface area (Å²) in [5.74, 6) is -0.330. The van der Waals surface area contributed by atoms with Gasteiger partial charge in [0.15, 0.2) is 5.82 Å². The Morgan fingerprint density at radius 3 is 2.30 bits per heavy atom. The Balaban J connectivity index is 2.48. The molecule has 2 aromatic heterocycles. The van der Waals surface area contributed by atoms with Crippen LogP contribution in [-0.4, -0.2) is 25.8 Å². The van der Waals surface area contributed by atoms with E-state index in [1.54, 1.807) is 18.5 Å². The molecule has 0 atom stereocenters. The summed E-state index contributed by atoms with van der Waals surface area (Å²) in [6.45, 7) is 9.79. The zero-order chi connectivity index (χ0) is 15.1. The minimum atomic E-state index is -0.961. The molecule has 0 saturated carbocycles. The number of aryl methyl sites for hydroxylation is 1. The van der Waals surface area contributed by atoms with Crippen molar-refractivity contribution in [3.8, 4) is 5.82 Å². The molecule has 2 aromatic rings. The third kappa shape index (κ3) is 2.43. The number of carboxylic acid groups (broad SMARTS) is 1. The number of hydrogen-bond donors (Lipinski definition) is 1. The molecule has 0 fully saturated rings. The molecule has 0 spiro atoms. The van der Waals surface area contributed by atoms with Crippen molar-refractivity contribution >= 4 is 5.97 Å². The van der Waals surface area contributed by atoms with E-state index in [2.05, 4.69) is 30.9 Å². The monoisotopic (exact) mass is 273 g/mol. The minimum absolute atomic E-state index is 0.0346. The summed E-state index contributed by atoms with van der Waals surface area (Å²) in [6, 6.07) is 3.87. The van der Waals surface area contributed by atoms with Gasteiger partial charge in [0.1, 0.15) is 5.56 Å². The van der Waals surface area contributed by atoms with E-state index >= 15 is 0 Å². The van der Waals surface area contributed by atoms with E-state index in [-0.39, 0.29) is 11.0 Å². The first-order valence-electron chi connectivity index (χ1n) is 6.48. The maximum Gasteiger partial charge on any atom is 0.339 e. The van der Waals surface area contributed by atoms with E-state index < -0.39 is 5.97 Å². The molecule has 5 nitrogen and oxygen atoms in total. The molecule has 0 aliphatic carbocycles. The Morgan fingerprint density at radius 1 is 1.25 bits per heavy atom. The van der Waals surface area contributed by atoms with Crippen molar-refractivity contribution in [3.05, 3.63) is 40.8 Å². The normalized spacial score (nSPS) is 11.7. The van der Waals surface area contributed by atoms with Gasteiger partial charge in [-0.3, -0.25) is 0 Å². The van der Waals surface area contributed by atoms with Crippen LogP contribution in [0.2, 0.25) is 0 Å². The van der Waals surface area contributed by atoms with Crippen molar-refractivity contribution in [2.75, 3.05) is 0 Å². The fourth-order valence-electron chi connectivity index (χ4n) is 2.13. The van der Waals surface area contributed by atoms with E-state index in [4.69, 9.17) is 0 Å². The lowest BCUT2D eigenvalue weighted by atomic mass is 9.88. The second kappa shape index (κ2) is 4.74. The van der Waals surface area contributed by atoms with Gasteiger partial charge in [-0.05, 0) is 30.9 Å². The molecule has 0 bridgehead atoms. The molecule has 0 radical (unpaired) electrons. The molecule has 0 saturated heterocycles. The number of nitrogens with zero attached hydrogens (tertiary/aromatic N) is 3. The highest BCUT2D eigenvalue weighted by atomic mass is 16.4. The van der Waals surface area contributed by atoms with Crippen LogP contribution in [0.5, 0.6) is 0 Å². The van der Waals surface area contributed by atoms with Crippen molar-refractivity contribution in [1.29, 1.82) is 0 Å². The van der Waals surface area contributed by atoms with Crippen molar-refractivity contribution in [2.24, 2.45) is 0 Å². The summed E-state index contributed by atoms with van der Waals surface area (Å²) in [5, 5.41) is 13.5. The van der Waals surface area contributed by atoms with E-state index in [1.807, 2.05) is 18.3 Å². The fraction of sp³-hybridized carbons (Fsp3) is 0.400. The quantitative estimate of drug-likeness (QED) is 0.913. The van der Waals surface area contributed by atoms with Gasteiger partial charge in [-0.15, -0.1) is 0 Å². The van der Waals surface area contributed by atoms with Crippen LogP contribution in [-0.2, 0) is 5.41 Å². The Kier molecular flexibility index (Phi) is 3.38. The first-order valence-corrected chi connectivity index (χ1v) is 6.48. The van der Waals surface area contributed by atoms with E-state index in [0.717, 1.165) is 5.56 Å². The van der Waals surface area contributed by atoms with Crippen LogP contribution in [0.15, 0.2) is 18.3 Å². The van der Waals surface area contributed by atoms with Gasteiger partial charge in [-0.1, -0.05) is 26.8 Å². The van der Waals surface area contributed by atoms with Crippen molar-refractivity contribution in [1.82, 2.24) is 14.8 Å². The van der Waals surface area contributed by atoms with E-state index in [9.17, 15) is 9.90 Å². The highest BCUT2D eigenvalue weighted by Crippen LogP contribution is 2.22. The molecule has 0 aromatic carbocycles. The SMILES string of the molecule is Cc1nn(-c2ccc(C(C)(C)C)cn2)c(C)c1C(=O)O. The Morgan fingerprint density at radius 2 is 1.90 bits per heavy atom. The summed E-state index contributed by atoms with van der Waals surface area (Å²) >= 11 is 0. The molecule has 1 N–H and O–H groups in total. The standard InChI is InChI=1S/C15H19N3O2/c1-9-13(14(19)20)10(2)18(17-9)12-7-6-11(8-16-12)15(3,4)5/h6-8H,1-5H3,(H,19,20). The fourth-order valence-corrected chi connectivity index (χ4v) is 2.13. The largest absolute Gasteiger partial charge is 0.478 e.